The average molecular weight is 378 g/mol. The Bertz CT molecular complexity index is 32.1. The summed E-state index contributed by atoms with van der Waals surface area (Å²) in [5, 5.41) is 0. The Morgan fingerprint density at radius 1 is 0.500 bits per heavy atom. The Kier molecular flexibility index (Phi) is 89.1. The topological polar surface area (TPSA) is 153 Å². The predicted octanol–water partition coefficient (Wildman–Crippen LogP) is -2.45. The van der Waals surface area contributed by atoms with Crippen molar-refractivity contribution in [3.63, 3.8) is 0 Å². The first-order chi connectivity index (χ1) is 3.46. The average Bonchev–Trinajstić information content (AvgIpc) is 1.25. The maximum atomic E-state index is 7.23. The van der Waals surface area contributed by atoms with Gasteiger partial charge in [0, 0.05) is 58.4 Å². The molecule has 0 saturated carbocycles. The quantitative estimate of drug-likeness (QED) is 0.203. The SMILES string of the molecule is O.OP(O)O.OP(O)O.[Zn].[Zn].[Zn]. The summed E-state index contributed by atoms with van der Waals surface area (Å²) in [5.74, 6) is 0. The maximum Gasteiger partial charge on any atom is 0.324 e. The molecule has 0 aliphatic heterocycles. The van der Waals surface area contributed by atoms with Crippen LogP contribution in [0.25, 0.3) is 0 Å². The summed E-state index contributed by atoms with van der Waals surface area (Å²) in [7, 11) is -5.24. The van der Waals surface area contributed by atoms with Crippen molar-refractivity contribution in [2.75, 3.05) is 0 Å². The molecular weight excluding hydrogens is 370 g/mol. The van der Waals surface area contributed by atoms with E-state index in [0.717, 1.165) is 0 Å². The normalized spacial score (nSPS) is 6.00. The Labute approximate surface area is 110 Å². The van der Waals surface area contributed by atoms with E-state index in [9.17, 15) is 0 Å². The molecule has 0 saturated heterocycles. The van der Waals surface area contributed by atoms with Gasteiger partial charge in [0.2, 0.25) is 0 Å². The van der Waals surface area contributed by atoms with Gasteiger partial charge in [-0.15, -0.1) is 0 Å². The van der Waals surface area contributed by atoms with E-state index in [1.165, 1.54) is 0 Å². The predicted molar refractivity (Wildman–Crippen MR) is 30.8 cm³/mol. The fourth-order valence-electron chi connectivity index (χ4n) is 0. The third-order valence-corrected chi connectivity index (χ3v) is 0. The third-order valence-electron chi connectivity index (χ3n) is 0. The Balaban J connectivity index is -0.0000000112. The van der Waals surface area contributed by atoms with E-state index in [4.69, 9.17) is 29.4 Å². The van der Waals surface area contributed by atoms with E-state index in [-0.39, 0.29) is 63.9 Å². The van der Waals surface area contributed by atoms with Gasteiger partial charge in [-0.25, -0.2) is 0 Å². The maximum absolute atomic E-state index is 7.23. The molecule has 7 nitrogen and oxygen atoms in total. The molecule has 0 aliphatic carbocycles. The van der Waals surface area contributed by atoms with E-state index in [0.29, 0.717) is 0 Å². The zero-order valence-electron chi connectivity index (χ0n) is 6.20. The van der Waals surface area contributed by atoms with E-state index >= 15 is 0 Å². The van der Waals surface area contributed by atoms with E-state index < -0.39 is 17.2 Å². The molecule has 0 radical (unpaired) electrons. The molecule has 0 aromatic rings. The van der Waals surface area contributed by atoms with Crippen LogP contribution in [0.2, 0.25) is 0 Å². The van der Waals surface area contributed by atoms with Gasteiger partial charge in [0.25, 0.3) is 0 Å². The number of hydrogen-bond donors (Lipinski definition) is 6. The largest absolute Gasteiger partial charge is 0.412 e. The minimum Gasteiger partial charge on any atom is -0.412 e. The van der Waals surface area contributed by atoms with Gasteiger partial charge in [0.1, 0.15) is 0 Å². The van der Waals surface area contributed by atoms with Crippen LogP contribution in [0.5, 0.6) is 0 Å². The van der Waals surface area contributed by atoms with Crippen LogP contribution in [0.4, 0.5) is 0 Å². The van der Waals surface area contributed by atoms with Crippen LogP contribution in [0.1, 0.15) is 0 Å². The molecule has 0 heterocycles. The van der Waals surface area contributed by atoms with Crippen molar-refractivity contribution in [2.45, 2.75) is 0 Å². The Morgan fingerprint density at radius 3 is 0.500 bits per heavy atom. The summed E-state index contributed by atoms with van der Waals surface area (Å²) in [6, 6.07) is 0. The fraction of sp³-hybridized carbons (Fsp3) is 0. The molecule has 12 heavy (non-hydrogen) atoms. The van der Waals surface area contributed by atoms with Gasteiger partial charge in [-0.05, 0) is 0 Å². The van der Waals surface area contributed by atoms with E-state index in [2.05, 4.69) is 0 Å². The molecule has 0 rings (SSSR count). The van der Waals surface area contributed by atoms with Crippen molar-refractivity contribution in [1.29, 1.82) is 0 Å². The van der Waals surface area contributed by atoms with Crippen molar-refractivity contribution >= 4 is 17.2 Å². The number of rotatable bonds is 0. The first-order valence-electron chi connectivity index (χ1n) is 1.20. The van der Waals surface area contributed by atoms with Crippen molar-refractivity contribution in [3.05, 3.63) is 0 Å². The van der Waals surface area contributed by atoms with Gasteiger partial charge in [-0.2, -0.15) is 0 Å². The fourth-order valence-corrected chi connectivity index (χ4v) is 0. The van der Waals surface area contributed by atoms with Crippen LogP contribution in [0.15, 0.2) is 0 Å². The molecule has 0 unspecified atom stereocenters. The van der Waals surface area contributed by atoms with Gasteiger partial charge in [-0.1, -0.05) is 0 Å². The van der Waals surface area contributed by atoms with Crippen LogP contribution >= 0.6 is 17.2 Å². The summed E-state index contributed by atoms with van der Waals surface area (Å²) in [6.07, 6.45) is 0. The van der Waals surface area contributed by atoms with Gasteiger partial charge in [-0.3, -0.25) is 0 Å². The first kappa shape index (κ1) is 36.6. The zero-order valence-corrected chi connectivity index (χ0v) is 16.9. The first-order valence-corrected chi connectivity index (χ1v) is 3.60. The summed E-state index contributed by atoms with van der Waals surface area (Å²) in [4.78, 5) is 43.4. The standard InChI is InChI=1S/2H3O3P.H2O.3Zn/c2*1-4(2)3;;;;/h2*1-3H;1H2;;;. The summed E-state index contributed by atoms with van der Waals surface area (Å²) < 4.78 is 0. The van der Waals surface area contributed by atoms with Crippen LogP contribution in [0.3, 0.4) is 0 Å². The van der Waals surface area contributed by atoms with Crippen LogP contribution in [0, 0.1) is 0 Å². The molecule has 0 aromatic heterocycles. The summed E-state index contributed by atoms with van der Waals surface area (Å²) >= 11 is 0. The van der Waals surface area contributed by atoms with Crippen LogP contribution in [-0.4, -0.2) is 34.8 Å². The molecule has 8 N–H and O–H groups in total. The third kappa shape index (κ3) is 272. The number of hydrogen-bond acceptors (Lipinski definition) is 6. The van der Waals surface area contributed by atoms with Crippen LogP contribution < -0.4 is 0 Å². The molecule has 0 aliphatic rings. The van der Waals surface area contributed by atoms with Gasteiger partial charge in [0.05, 0.1) is 0 Å². The molecule has 0 bridgehead atoms. The second-order valence-electron chi connectivity index (χ2n) is 0.537. The second-order valence-corrected chi connectivity index (χ2v) is 1.61. The second kappa shape index (κ2) is 29.2. The Hall–Kier alpha value is 2.45. The van der Waals surface area contributed by atoms with Crippen LogP contribution in [-0.2, 0) is 58.4 Å². The minimum atomic E-state index is -2.62. The molecular formula is H8O7P2Zn3. The van der Waals surface area contributed by atoms with Crippen molar-refractivity contribution in [3.8, 4) is 0 Å². The van der Waals surface area contributed by atoms with E-state index in [1.54, 1.807) is 0 Å². The molecule has 66 valence electrons. The van der Waals surface area contributed by atoms with Crippen molar-refractivity contribution in [1.82, 2.24) is 0 Å². The smallest absolute Gasteiger partial charge is 0.324 e. The monoisotopic (exact) mass is 374 g/mol. The zero-order chi connectivity index (χ0) is 7.15. The molecule has 0 spiro atoms. The molecule has 12 heteroatoms. The van der Waals surface area contributed by atoms with Gasteiger partial charge < -0.3 is 34.8 Å². The van der Waals surface area contributed by atoms with E-state index in [1.807, 2.05) is 0 Å². The molecule has 0 amide bonds. The molecule has 0 aromatic carbocycles. The summed E-state index contributed by atoms with van der Waals surface area (Å²) in [6.45, 7) is 0. The molecule has 0 fully saturated rings. The minimum absolute atomic E-state index is 0. The van der Waals surface area contributed by atoms with Gasteiger partial charge in [0.15, 0.2) is 0 Å². The summed E-state index contributed by atoms with van der Waals surface area (Å²) in [5.41, 5.74) is 0. The van der Waals surface area contributed by atoms with Crippen molar-refractivity contribution in [2.24, 2.45) is 0 Å². The Morgan fingerprint density at radius 2 is 0.500 bits per heavy atom. The van der Waals surface area contributed by atoms with Crippen molar-refractivity contribution < 1.29 is 93.3 Å². The van der Waals surface area contributed by atoms with Gasteiger partial charge >= 0.3 is 17.2 Å². The molecule has 0 atom stereocenters.